The molecule has 3 aromatic heterocycles. The number of hydrogen-bond acceptors (Lipinski definition) is 4. The molecule has 0 amide bonds. The Hall–Kier alpha value is -6.53. The van der Waals surface area contributed by atoms with E-state index >= 15 is 0 Å². The molecule has 7 aromatic carbocycles. The lowest BCUT2D eigenvalue weighted by Crippen LogP contribution is -2.55. The minimum Gasteiger partial charge on any atom is -0.454 e. The maximum atomic E-state index is 6.69. The van der Waals surface area contributed by atoms with Crippen LogP contribution in [-0.4, -0.2) is 58.8 Å². The highest BCUT2D eigenvalue weighted by molar-refractivity contribution is 6.68. The van der Waals surface area contributed by atoms with Crippen LogP contribution in [0.1, 0.15) is 0 Å². The Morgan fingerprint density at radius 2 is 0.891 bits per heavy atom. The molecule has 0 aliphatic heterocycles. The molecular formula is C45H33B5N4O. The van der Waals surface area contributed by atoms with Crippen LogP contribution in [0, 0.1) is 0 Å². The summed E-state index contributed by atoms with van der Waals surface area (Å²) in [7, 11) is 11.1. The van der Waals surface area contributed by atoms with E-state index in [9.17, 15) is 0 Å². The highest BCUT2D eigenvalue weighted by atomic mass is 16.3. The average Bonchev–Trinajstić information content (AvgIpc) is 3.78. The normalized spacial score (nSPS) is 11.6. The Balaban J connectivity index is 1.11. The van der Waals surface area contributed by atoms with Gasteiger partial charge in [0, 0.05) is 38.2 Å². The fourth-order valence-corrected chi connectivity index (χ4v) is 8.35. The Morgan fingerprint density at radius 1 is 0.400 bits per heavy atom. The smallest absolute Gasteiger partial charge is 0.164 e. The maximum Gasteiger partial charge on any atom is 0.164 e. The van der Waals surface area contributed by atoms with Crippen molar-refractivity contribution in [3.63, 3.8) is 0 Å². The van der Waals surface area contributed by atoms with E-state index in [1.807, 2.05) is 36.4 Å². The summed E-state index contributed by atoms with van der Waals surface area (Å²) in [5.74, 6) is 1.87. The van der Waals surface area contributed by atoms with E-state index in [0.29, 0.717) is 17.5 Å². The molecule has 0 atom stereocenters. The number of furan rings is 1. The molecule has 0 aliphatic carbocycles. The van der Waals surface area contributed by atoms with Crippen molar-refractivity contribution in [2.75, 3.05) is 0 Å². The first kappa shape index (κ1) is 33.1. The molecule has 0 N–H and O–H groups in total. The Kier molecular flexibility index (Phi) is 7.70. The van der Waals surface area contributed by atoms with E-state index in [0.717, 1.165) is 55.3 Å². The summed E-state index contributed by atoms with van der Waals surface area (Å²) in [5.41, 5.74) is 16.9. The lowest BCUT2D eigenvalue weighted by molar-refractivity contribution is 0.666. The summed E-state index contributed by atoms with van der Waals surface area (Å²) in [6.07, 6.45) is 0. The lowest BCUT2D eigenvalue weighted by atomic mass is 9.59. The van der Waals surface area contributed by atoms with Gasteiger partial charge in [-0.1, -0.05) is 114 Å². The van der Waals surface area contributed by atoms with Crippen LogP contribution >= 0.6 is 0 Å². The zero-order chi connectivity index (χ0) is 37.4. The minimum atomic E-state index is 0.610. The molecular weight excluding hydrogens is 667 g/mol. The lowest BCUT2D eigenvalue weighted by Gasteiger charge is -2.20. The predicted molar refractivity (Wildman–Crippen MR) is 244 cm³/mol. The van der Waals surface area contributed by atoms with E-state index in [2.05, 4.69) is 147 Å². The summed E-state index contributed by atoms with van der Waals surface area (Å²) in [6, 6.07) is 48.6. The van der Waals surface area contributed by atoms with Gasteiger partial charge in [-0.05, 0) is 47.5 Å². The van der Waals surface area contributed by atoms with Gasteiger partial charge in [0.1, 0.15) is 44.8 Å². The molecule has 3 heterocycles. The van der Waals surface area contributed by atoms with Crippen molar-refractivity contribution in [2.45, 2.75) is 0 Å². The first-order valence-corrected chi connectivity index (χ1v) is 18.8. The molecule has 5 nitrogen and oxygen atoms in total. The number of nitrogens with zero attached hydrogens (tertiary/aromatic N) is 4. The molecule has 0 bridgehead atoms. The molecule has 0 radical (unpaired) electrons. The standard InChI is InChI=1S/C45H33B5N4O/c46-37-36(38(47)40(49)41(50)39(37)48)24-17-19-26(20-18-24)44-51-43(25-9-2-1-3-10-25)52-45(53-44)27-21-22-35-31(23-27)30-13-8-16-34(42(30)55-35)54-32-14-6-4-11-28(32)29-12-5-7-15-33(29)54/h1-23H,46-50H2. The molecule has 0 saturated heterocycles. The fraction of sp³-hybridized carbons (Fsp3) is 0. The van der Waals surface area contributed by atoms with Gasteiger partial charge in [0.25, 0.3) is 0 Å². The second-order valence-electron chi connectivity index (χ2n) is 14.6. The fourth-order valence-electron chi connectivity index (χ4n) is 8.35. The second kappa shape index (κ2) is 12.8. The highest BCUT2D eigenvalue weighted by Crippen LogP contribution is 2.39. The summed E-state index contributed by atoms with van der Waals surface area (Å²) in [6.45, 7) is 0. The van der Waals surface area contributed by atoms with Crippen molar-refractivity contribution in [3.8, 4) is 51.0 Å². The monoisotopic (exact) mass is 700 g/mol. The molecule has 0 unspecified atom stereocenters. The van der Waals surface area contributed by atoms with E-state index in [1.54, 1.807) is 0 Å². The van der Waals surface area contributed by atoms with Crippen LogP contribution in [0.3, 0.4) is 0 Å². The van der Waals surface area contributed by atoms with Crippen molar-refractivity contribution in [3.05, 3.63) is 140 Å². The number of rotatable bonds is 5. The third-order valence-corrected chi connectivity index (χ3v) is 11.7. The van der Waals surface area contributed by atoms with Crippen LogP contribution in [0.5, 0.6) is 0 Å². The van der Waals surface area contributed by atoms with Gasteiger partial charge in [-0.25, -0.2) is 15.0 Å². The number of benzene rings is 7. The number of para-hydroxylation sites is 3. The third kappa shape index (κ3) is 5.27. The van der Waals surface area contributed by atoms with Crippen LogP contribution < -0.4 is 27.3 Å². The summed E-state index contributed by atoms with van der Waals surface area (Å²) < 4.78 is 9.01. The van der Waals surface area contributed by atoms with E-state index in [-0.39, 0.29) is 0 Å². The molecule has 254 valence electrons. The maximum absolute atomic E-state index is 6.69. The summed E-state index contributed by atoms with van der Waals surface area (Å²) in [5, 5.41) is 4.48. The van der Waals surface area contributed by atoms with Crippen molar-refractivity contribution < 1.29 is 4.42 Å². The number of fused-ring (bicyclic) bond motifs is 6. The molecule has 55 heavy (non-hydrogen) atoms. The van der Waals surface area contributed by atoms with Gasteiger partial charge in [0.2, 0.25) is 0 Å². The van der Waals surface area contributed by atoms with E-state index in [1.165, 1.54) is 49.2 Å². The van der Waals surface area contributed by atoms with Gasteiger partial charge in [0.15, 0.2) is 23.1 Å². The Bertz CT molecular complexity index is 3070. The third-order valence-electron chi connectivity index (χ3n) is 11.7. The van der Waals surface area contributed by atoms with Crippen LogP contribution in [0.4, 0.5) is 0 Å². The molecule has 0 saturated carbocycles. The van der Waals surface area contributed by atoms with Crippen molar-refractivity contribution in [1.29, 1.82) is 0 Å². The molecule has 10 aromatic rings. The summed E-state index contributed by atoms with van der Waals surface area (Å²) in [4.78, 5) is 15.2. The van der Waals surface area contributed by atoms with Gasteiger partial charge >= 0.3 is 0 Å². The van der Waals surface area contributed by atoms with Gasteiger partial charge in [-0.2, -0.15) is 0 Å². The van der Waals surface area contributed by atoms with Crippen molar-refractivity contribution in [2.24, 2.45) is 0 Å². The molecule has 10 heteroatoms. The van der Waals surface area contributed by atoms with Gasteiger partial charge in [-0.15, -0.1) is 16.4 Å². The highest BCUT2D eigenvalue weighted by Gasteiger charge is 2.20. The van der Waals surface area contributed by atoms with E-state index < -0.39 is 0 Å². The van der Waals surface area contributed by atoms with Crippen molar-refractivity contribution in [1.82, 2.24) is 19.5 Å². The first-order valence-electron chi connectivity index (χ1n) is 18.8. The zero-order valence-corrected chi connectivity index (χ0v) is 31.5. The SMILES string of the molecule is Bc1c(B)c(B)c(-c2ccc(-c3nc(-c4ccccc4)nc(-c4ccc5oc6c(-n7c8ccccc8c8ccccc87)cccc6c5c4)n3)cc2)c(B)c1B. The van der Waals surface area contributed by atoms with Gasteiger partial charge in [0.05, 0.1) is 16.7 Å². The Morgan fingerprint density at radius 3 is 1.53 bits per heavy atom. The molecule has 0 fully saturated rings. The quantitative estimate of drug-likeness (QED) is 0.260. The van der Waals surface area contributed by atoms with Crippen LogP contribution in [-0.2, 0) is 0 Å². The van der Waals surface area contributed by atoms with Gasteiger partial charge in [-0.3, -0.25) is 0 Å². The molecule has 0 aliphatic rings. The van der Waals surface area contributed by atoms with Crippen molar-refractivity contribution >= 4 is 110 Å². The average molecular weight is 700 g/mol. The summed E-state index contributed by atoms with van der Waals surface area (Å²) >= 11 is 0. The minimum absolute atomic E-state index is 0.610. The zero-order valence-electron chi connectivity index (χ0n) is 31.5. The van der Waals surface area contributed by atoms with Crippen LogP contribution in [0.15, 0.2) is 144 Å². The topological polar surface area (TPSA) is 56.7 Å². The predicted octanol–water partition coefficient (Wildman–Crippen LogP) is 2.83. The molecule has 10 rings (SSSR count). The van der Waals surface area contributed by atoms with Crippen LogP contribution in [0.2, 0.25) is 0 Å². The number of hydrogen-bond donors (Lipinski definition) is 0. The van der Waals surface area contributed by atoms with Gasteiger partial charge < -0.3 is 8.98 Å². The van der Waals surface area contributed by atoms with E-state index in [4.69, 9.17) is 19.4 Å². The largest absolute Gasteiger partial charge is 0.454 e. The molecule has 0 spiro atoms. The van der Waals surface area contributed by atoms with Crippen LogP contribution in [0.25, 0.3) is 94.7 Å². The number of aromatic nitrogens is 4. The Labute approximate surface area is 323 Å². The first-order chi connectivity index (χ1) is 26.9. The second-order valence-corrected chi connectivity index (χ2v) is 14.6.